The zero-order valence-corrected chi connectivity index (χ0v) is 7.56. The van der Waals surface area contributed by atoms with Gasteiger partial charge in [0.1, 0.15) is 19.2 Å². The van der Waals surface area contributed by atoms with E-state index in [1.165, 1.54) is 17.3 Å². The molecule has 13 heavy (non-hydrogen) atoms. The highest BCUT2D eigenvalue weighted by atomic mass is 16.2. The van der Waals surface area contributed by atoms with Gasteiger partial charge in [-0.05, 0) is 13.8 Å². The van der Waals surface area contributed by atoms with Crippen LogP contribution in [0.1, 0.15) is 13.8 Å². The van der Waals surface area contributed by atoms with Gasteiger partial charge in [-0.25, -0.2) is 15.1 Å². The fourth-order valence-corrected chi connectivity index (χ4v) is 0.671. The molecule has 1 aromatic heterocycles. The summed E-state index contributed by atoms with van der Waals surface area (Å²) in [6.45, 7) is 3.74. The molecule has 6 nitrogen and oxygen atoms in total. The summed E-state index contributed by atoms with van der Waals surface area (Å²) in [6.07, 6.45) is 2.85. The van der Waals surface area contributed by atoms with Gasteiger partial charge in [-0.1, -0.05) is 0 Å². The maximum absolute atomic E-state index is 11.1. The highest BCUT2D eigenvalue weighted by Gasteiger charge is 2.00. The van der Waals surface area contributed by atoms with Crippen molar-refractivity contribution in [3.8, 4) is 0 Å². The van der Waals surface area contributed by atoms with Crippen LogP contribution in [-0.2, 0) is 11.3 Å². The second-order valence-electron chi connectivity index (χ2n) is 2.69. The van der Waals surface area contributed by atoms with Crippen LogP contribution in [0.5, 0.6) is 0 Å². The summed E-state index contributed by atoms with van der Waals surface area (Å²) in [4.78, 5) is 14.8. The van der Waals surface area contributed by atoms with Gasteiger partial charge >= 0.3 is 0 Å². The normalized spacial score (nSPS) is 9.38. The van der Waals surface area contributed by atoms with Gasteiger partial charge in [-0.3, -0.25) is 4.79 Å². The van der Waals surface area contributed by atoms with E-state index < -0.39 is 0 Å². The molecule has 0 bridgehead atoms. The minimum atomic E-state index is -0.216. The number of amides is 1. The minimum Gasteiger partial charge on any atom is -0.271 e. The zero-order valence-electron chi connectivity index (χ0n) is 7.56. The monoisotopic (exact) mass is 181 g/mol. The van der Waals surface area contributed by atoms with E-state index in [0.29, 0.717) is 0 Å². The smallest absolute Gasteiger partial charge is 0.261 e. The molecule has 0 saturated heterocycles. The number of carbonyl (C=O) groups excluding carboxylic acids is 1. The van der Waals surface area contributed by atoms with Crippen LogP contribution < -0.4 is 5.43 Å². The summed E-state index contributed by atoms with van der Waals surface area (Å²) in [7, 11) is 0. The van der Waals surface area contributed by atoms with Crippen molar-refractivity contribution in [2.75, 3.05) is 0 Å². The van der Waals surface area contributed by atoms with Gasteiger partial charge in [-0.15, -0.1) is 0 Å². The topological polar surface area (TPSA) is 72.2 Å². The Morgan fingerprint density at radius 3 is 2.92 bits per heavy atom. The van der Waals surface area contributed by atoms with E-state index in [0.717, 1.165) is 5.71 Å². The molecule has 1 amide bonds. The van der Waals surface area contributed by atoms with E-state index in [2.05, 4.69) is 20.6 Å². The van der Waals surface area contributed by atoms with Crippen molar-refractivity contribution in [2.24, 2.45) is 5.10 Å². The first-order valence-corrected chi connectivity index (χ1v) is 3.80. The lowest BCUT2D eigenvalue weighted by atomic mass is 10.5. The summed E-state index contributed by atoms with van der Waals surface area (Å²) in [6, 6.07) is 0. The van der Waals surface area contributed by atoms with Gasteiger partial charge in [0, 0.05) is 5.71 Å². The van der Waals surface area contributed by atoms with Crippen LogP contribution in [0.15, 0.2) is 17.8 Å². The standard InChI is InChI=1S/C7H11N5O/c1-6(2)10-11-7(13)3-12-5-8-4-9-12/h4-5H,3H2,1-2H3,(H,11,13). The van der Waals surface area contributed by atoms with Gasteiger partial charge in [0.05, 0.1) is 0 Å². The van der Waals surface area contributed by atoms with Gasteiger partial charge in [-0.2, -0.15) is 10.2 Å². The van der Waals surface area contributed by atoms with Gasteiger partial charge in [0.2, 0.25) is 0 Å². The molecule has 1 N–H and O–H groups in total. The lowest BCUT2D eigenvalue weighted by Crippen LogP contribution is -2.23. The predicted octanol–water partition coefficient (Wildman–Crippen LogP) is -0.210. The summed E-state index contributed by atoms with van der Waals surface area (Å²) in [5.74, 6) is -0.216. The zero-order chi connectivity index (χ0) is 9.68. The van der Waals surface area contributed by atoms with Crippen LogP contribution in [-0.4, -0.2) is 26.4 Å². The highest BCUT2D eigenvalue weighted by molar-refractivity contribution is 5.82. The third kappa shape index (κ3) is 3.46. The quantitative estimate of drug-likeness (QED) is 0.518. The summed E-state index contributed by atoms with van der Waals surface area (Å²) < 4.78 is 1.43. The number of nitrogens with zero attached hydrogens (tertiary/aromatic N) is 4. The second-order valence-corrected chi connectivity index (χ2v) is 2.69. The Hall–Kier alpha value is -1.72. The van der Waals surface area contributed by atoms with Crippen LogP contribution in [0.3, 0.4) is 0 Å². The molecule has 0 atom stereocenters. The maximum Gasteiger partial charge on any atom is 0.261 e. The van der Waals surface area contributed by atoms with E-state index >= 15 is 0 Å². The summed E-state index contributed by atoms with van der Waals surface area (Å²) in [5.41, 5.74) is 3.18. The van der Waals surface area contributed by atoms with Crippen LogP contribution in [0.25, 0.3) is 0 Å². The molecule has 1 aromatic rings. The third-order valence-corrected chi connectivity index (χ3v) is 1.18. The molecule has 0 spiro atoms. The first-order valence-electron chi connectivity index (χ1n) is 3.80. The Bertz CT molecular complexity index is 299. The fraction of sp³-hybridized carbons (Fsp3) is 0.429. The Labute approximate surface area is 75.7 Å². The van der Waals surface area contributed by atoms with Crippen LogP contribution in [0.2, 0.25) is 0 Å². The molecular weight excluding hydrogens is 170 g/mol. The molecule has 70 valence electrons. The number of hydrazone groups is 1. The molecule has 0 aliphatic carbocycles. The van der Waals surface area contributed by atoms with Gasteiger partial charge < -0.3 is 0 Å². The van der Waals surface area contributed by atoms with E-state index in [4.69, 9.17) is 0 Å². The Morgan fingerprint density at radius 2 is 2.38 bits per heavy atom. The number of aromatic nitrogens is 3. The minimum absolute atomic E-state index is 0.136. The Kier molecular flexibility index (Phi) is 3.13. The number of hydrogen-bond acceptors (Lipinski definition) is 4. The lowest BCUT2D eigenvalue weighted by Gasteiger charge is -1.99. The number of hydrogen-bond donors (Lipinski definition) is 1. The predicted molar refractivity (Wildman–Crippen MR) is 46.9 cm³/mol. The fourth-order valence-electron chi connectivity index (χ4n) is 0.671. The molecule has 0 unspecified atom stereocenters. The van der Waals surface area contributed by atoms with E-state index in [1.54, 1.807) is 13.8 Å². The molecule has 0 aromatic carbocycles. The van der Waals surface area contributed by atoms with Crippen LogP contribution in [0.4, 0.5) is 0 Å². The van der Waals surface area contributed by atoms with Crippen LogP contribution in [0, 0.1) is 0 Å². The van der Waals surface area contributed by atoms with E-state index in [9.17, 15) is 4.79 Å². The van der Waals surface area contributed by atoms with Crippen molar-refractivity contribution in [2.45, 2.75) is 20.4 Å². The Balaban J connectivity index is 2.39. The van der Waals surface area contributed by atoms with Crippen molar-refractivity contribution < 1.29 is 4.79 Å². The highest BCUT2D eigenvalue weighted by Crippen LogP contribution is 1.80. The summed E-state index contributed by atoms with van der Waals surface area (Å²) in [5, 5.41) is 7.54. The third-order valence-electron chi connectivity index (χ3n) is 1.18. The molecule has 6 heteroatoms. The van der Waals surface area contributed by atoms with Crippen LogP contribution >= 0.6 is 0 Å². The lowest BCUT2D eigenvalue weighted by molar-refractivity contribution is -0.121. The van der Waals surface area contributed by atoms with Crippen molar-refractivity contribution in [3.05, 3.63) is 12.7 Å². The average Bonchev–Trinajstić information content (AvgIpc) is 2.53. The largest absolute Gasteiger partial charge is 0.271 e. The number of nitrogens with one attached hydrogen (secondary N) is 1. The average molecular weight is 181 g/mol. The molecular formula is C7H11N5O. The SMILES string of the molecule is CC(C)=NNC(=O)Cn1cncn1. The number of carbonyl (C=O) groups is 1. The number of rotatable bonds is 3. The first-order chi connectivity index (χ1) is 6.18. The first kappa shape index (κ1) is 9.37. The molecule has 1 heterocycles. The van der Waals surface area contributed by atoms with Gasteiger partial charge in [0.15, 0.2) is 0 Å². The van der Waals surface area contributed by atoms with Crippen molar-refractivity contribution in [1.29, 1.82) is 0 Å². The van der Waals surface area contributed by atoms with E-state index in [-0.39, 0.29) is 12.5 Å². The maximum atomic E-state index is 11.1. The molecule has 0 aliphatic heterocycles. The molecule has 0 fully saturated rings. The molecule has 1 rings (SSSR count). The molecule has 0 radical (unpaired) electrons. The van der Waals surface area contributed by atoms with E-state index in [1.807, 2.05) is 0 Å². The molecule has 0 saturated carbocycles. The molecule has 0 aliphatic rings. The van der Waals surface area contributed by atoms with Crippen molar-refractivity contribution in [3.63, 3.8) is 0 Å². The van der Waals surface area contributed by atoms with Crippen molar-refractivity contribution >= 4 is 11.6 Å². The van der Waals surface area contributed by atoms with Gasteiger partial charge in [0.25, 0.3) is 5.91 Å². The Morgan fingerprint density at radius 1 is 1.62 bits per heavy atom. The second kappa shape index (κ2) is 4.34. The van der Waals surface area contributed by atoms with Crippen molar-refractivity contribution in [1.82, 2.24) is 20.2 Å². The summed E-state index contributed by atoms with van der Waals surface area (Å²) >= 11 is 0.